The van der Waals surface area contributed by atoms with Crippen molar-refractivity contribution >= 4 is 17.3 Å². The van der Waals surface area contributed by atoms with Gasteiger partial charge in [-0.25, -0.2) is 9.97 Å². The number of benzene rings is 1. The smallest absolute Gasteiger partial charge is 0.136 e. The Morgan fingerprint density at radius 2 is 1.64 bits per heavy atom. The van der Waals surface area contributed by atoms with E-state index in [0.717, 1.165) is 36.2 Å². The molecule has 1 N–H and O–H groups in total. The second kappa shape index (κ2) is 7.42. The quantitative estimate of drug-likeness (QED) is 0.834. The van der Waals surface area contributed by atoms with Crippen molar-refractivity contribution < 1.29 is 0 Å². The third kappa shape index (κ3) is 4.50. The lowest BCUT2D eigenvalue weighted by atomic mass is 9.86. The van der Waals surface area contributed by atoms with E-state index in [0.29, 0.717) is 0 Å². The summed E-state index contributed by atoms with van der Waals surface area (Å²) in [7, 11) is 0. The van der Waals surface area contributed by atoms with Crippen LogP contribution in [0.2, 0.25) is 0 Å². The fourth-order valence-corrected chi connectivity index (χ4v) is 3.46. The summed E-state index contributed by atoms with van der Waals surface area (Å²) in [6.07, 6.45) is 5.15. The normalized spacial score (nSPS) is 15.8. The Bertz CT molecular complexity index is 710. The van der Waals surface area contributed by atoms with Crippen molar-refractivity contribution in [3.05, 3.63) is 41.7 Å². The van der Waals surface area contributed by atoms with Gasteiger partial charge in [0.2, 0.25) is 0 Å². The molecule has 0 bridgehead atoms. The van der Waals surface area contributed by atoms with Crippen LogP contribution in [0.15, 0.2) is 30.3 Å². The molecule has 0 amide bonds. The Morgan fingerprint density at radius 3 is 2.32 bits per heavy atom. The fraction of sp³-hybridized carbons (Fsp3) is 0.524. The number of nitrogens with one attached hydrogen (secondary N) is 1. The van der Waals surface area contributed by atoms with Crippen LogP contribution in [0.25, 0.3) is 0 Å². The highest BCUT2D eigenvalue weighted by Gasteiger charge is 2.18. The van der Waals surface area contributed by atoms with Crippen LogP contribution >= 0.6 is 0 Å². The van der Waals surface area contributed by atoms with Crippen LogP contribution in [0.1, 0.15) is 57.8 Å². The molecular formula is C21H30N4. The average molecular weight is 338 g/mol. The van der Waals surface area contributed by atoms with Crippen molar-refractivity contribution in [3.8, 4) is 0 Å². The first-order valence-corrected chi connectivity index (χ1v) is 9.41. The molecule has 1 aliphatic rings. The third-order valence-corrected chi connectivity index (χ3v) is 4.75. The lowest BCUT2D eigenvalue weighted by molar-refractivity contribution is 0.592. The highest BCUT2D eigenvalue weighted by atomic mass is 15.2. The Morgan fingerprint density at radius 1 is 0.960 bits per heavy atom. The van der Waals surface area contributed by atoms with Gasteiger partial charge in [-0.15, -0.1) is 0 Å². The number of aryl methyl sites for hydroxylation is 1. The minimum absolute atomic E-state index is 0.0826. The van der Waals surface area contributed by atoms with Crippen molar-refractivity contribution in [2.75, 3.05) is 23.3 Å². The van der Waals surface area contributed by atoms with Crippen LogP contribution in [0.3, 0.4) is 0 Å². The van der Waals surface area contributed by atoms with Crippen molar-refractivity contribution in [1.29, 1.82) is 0 Å². The zero-order valence-electron chi connectivity index (χ0n) is 16.0. The summed E-state index contributed by atoms with van der Waals surface area (Å²) in [5, 5.41) is 3.54. The average Bonchev–Trinajstić information content (AvgIpc) is 2.83. The van der Waals surface area contributed by atoms with E-state index in [-0.39, 0.29) is 5.41 Å². The molecule has 1 fully saturated rings. The number of para-hydroxylation sites is 1. The van der Waals surface area contributed by atoms with Gasteiger partial charge in [-0.05, 0) is 36.8 Å². The van der Waals surface area contributed by atoms with Crippen LogP contribution in [-0.2, 0) is 5.41 Å². The first-order valence-electron chi connectivity index (χ1n) is 9.41. The number of anilines is 3. The van der Waals surface area contributed by atoms with Gasteiger partial charge in [-0.2, -0.15) is 0 Å². The van der Waals surface area contributed by atoms with Gasteiger partial charge in [0, 0.05) is 24.8 Å². The van der Waals surface area contributed by atoms with Crippen molar-refractivity contribution in [2.24, 2.45) is 0 Å². The molecule has 4 heteroatoms. The van der Waals surface area contributed by atoms with Gasteiger partial charge in [0.15, 0.2) is 0 Å². The number of rotatable bonds is 3. The summed E-state index contributed by atoms with van der Waals surface area (Å²) in [5.74, 6) is 2.74. The number of nitrogens with zero attached hydrogens (tertiary/aromatic N) is 3. The van der Waals surface area contributed by atoms with E-state index < -0.39 is 0 Å². The second-order valence-electron chi connectivity index (χ2n) is 7.98. The topological polar surface area (TPSA) is 41.1 Å². The first kappa shape index (κ1) is 17.7. The standard InChI is InChI=1S/C21H30N4/c1-16-22-19(15-20(23-16)25-13-9-5-6-10-14-25)24-18-12-8-7-11-17(18)21(2,3)4/h7-8,11-12,15H,5-6,9-10,13-14H2,1-4H3,(H,22,23,24). The van der Waals surface area contributed by atoms with Crippen LogP contribution in [0, 0.1) is 6.92 Å². The number of aromatic nitrogens is 2. The van der Waals surface area contributed by atoms with Crippen LogP contribution in [0.5, 0.6) is 0 Å². The van der Waals surface area contributed by atoms with Crippen molar-refractivity contribution in [3.63, 3.8) is 0 Å². The molecule has 0 unspecified atom stereocenters. The SMILES string of the molecule is Cc1nc(Nc2ccccc2C(C)(C)C)cc(N2CCCCCC2)n1. The molecule has 0 saturated carbocycles. The molecule has 25 heavy (non-hydrogen) atoms. The van der Waals surface area contributed by atoms with Crippen LogP contribution < -0.4 is 10.2 Å². The molecule has 1 saturated heterocycles. The van der Waals surface area contributed by atoms with Crippen LogP contribution in [-0.4, -0.2) is 23.1 Å². The molecule has 0 atom stereocenters. The number of hydrogen-bond donors (Lipinski definition) is 1. The van der Waals surface area contributed by atoms with Gasteiger partial charge in [0.1, 0.15) is 17.5 Å². The zero-order chi connectivity index (χ0) is 17.9. The van der Waals surface area contributed by atoms with Crippen molar-refractivity contribution in [2.45, 2.75) is 58.8 Å². The molecule has 0 spiro atoms. The summed E-state index contributed by atoms with van der Waals surface area (Å²) in [4.78, 5) is 11.7. The first-order chi connectivity index (χ1) is 11.9. The van der Waals surface area contributed by atoms with E-state index in [1.807, 2.05) is 6.92 Å². The maximum absolute atomic E-state index is 4.69. The molecule has 0 radical (unpaired) electrons. The summed E-state index contributed by atoms with van der Waals surface area (Å²) >= 11 is 0. The predicted octanol–water partition coefficient (Wildman–Crippen LogP) is 5.21. The van der Waals surface area contributed by atoms with Gasteiger partial charge in [-0.1, -0.05) is 51.8 Å². The zero-order valence-corrected chi connectivity index (χ0v) is 16.0. The molecule has 0 aliphatic carbocycles. The van der Waals surface area contributed by atoms with E-state index in [1.165, 1.54) is 31.2 Å². The monoisotopic (exact) mass is 338 g/mol. The van der Waals surface area contributed by atoms with Gasteiger partial charge < -0.3 is 10.2 Å². The molecule has 1 aromatic heterocycles. The van der Waals surface area contributed by atoms with Gasteiger partial charge in [0.05, 0.1) is 0 Å². The molecule has 4 nitrogen and oxygen atoms in total. The lowest BCUT2D eigenvalue weighted by Crippen LogP contribution is -2.25. The van der Waals surface area contributed by atoms with Crippen LogP contribution in [0.4, 0.5) is 17.3 Å². The molecule has 2 aromatic rings. The molecule has 1 aliphatic heterocycles. The highest BCUT2D eigenvalue weighted by molar-refractivity contribution is 5.64. The second-order valence-corrected chi connectivity index (χ2v) is 7.98. The molecule has 1 aromatic carbocycles. The van der Waals surface area contributed by atoms with E-state index >= 15 is 0 Å². The minimum atomic E-state index is 0.0826. The number of hydrogen-bond acceptors (Lipinski definition) is 4. The molecule has 3 rings (SSSR count). The molecular weight excluding hydrogens is 308 g/mol. The molecule has 134 valence electrons. The van der Waals surface area contributed by atoms with E-state index in [1.54, 1.807) is 0 Å². The Labute approximate surface area is 151 Å². The van der Waals surface area contributed by atoms with E-state index in [9.17, 15) is 0 Å². The Hall–Kier alpha value is -2.10. The third-order valence-electron chi connectivity index (χ3n) is 4.75. The maximum Gasteiger partial charge on any atom is 0.136 e. The Balaban J connectivity index is 1.89. The van der Waals surface area contributed by atoms with Crippen molar-refractivity contribution in [1.82, 2.24) is 9.97 Å². The van der Waals surface area contributed by atoms with E-state index in [4.69, 9.17) is 0 Å². The summed E-state index contributed by atoms with van der Waals surface area (Å²) < 4.78 is 0. The summed E-state index contributed by atoms with van der Waals surface area (Å²) in [5.41, 5.74) is 2.50. The van der Waals surface area contributed by atoms with E-state index in [2.05, 4.69) is 71.3 Å². The Kier molecular flexibility index (Phi) is 5.26. The summed E-state index contributed by atoms with van der Waals surface area (Å²) in [6.45, 7) is 10.9. The lowest BCUT2D eigenvalue weighted by Gasteiger charge is -2.24. The van der Waals surface area contributed by atoms with Gasteiger partial charge >= 0.3 is 0 Å². The van der Waals surface area contributed by atoms with Gasteiger partial charge in [-0.3, -0.25) is 0 Å². The predicted molar refractivity (Wildman–Crippen MR) is 106 cm³/mol. The fourth-order valence-electron chi connectivity index (χ4n) is 3.46. The largest absolute Gasteiger partial charge is 0.356 e. The highest BCUT2D eigenvalue weighted by Crippen LogP contribution is 2.31. The van der Waals surface area contributed by atoms with Gasteiger partial charge in [0.25, 0.3) is 0 Å². The molecule has 2 heterocycles. The summed E-state index contributed by atoms with van der Waals surface area (Å²) in [6, 6.07) is 10.6. The minimum Gasteiger partial charge on any atom is -0.356 e. The maximum atomic E-state index is 4.69.